The summed E-state index contributed by atoms with van der Waals surface area (Å²) < 4.78 is 4.61. The van der Waals surface area contributed by atoms with Crippen LogP contribution < -0.4 is 11.2 Å². The molecule has 0 N–H and O–H groups in total. The van der Waals surface area contributed by atoms with Gasteiger partial charge in [-0.15, -0.1) is 13.2 Å². The molecule has 3 rings (SSSR count). The van der Waals surface area contributed by atoms with Crippen LogP contribution in [0.25, 0.3) is 22.6 Å². The van der Waals surface area contributed by atoms with Gasteiger partial charge in [-0.2, -0.15) is 0 Å². The fraction of sp³-hybridized carbons (Fsp3) is 0.250. The molecule has 0 atom stereocenters. The third-order valence-corrected chi connectivity index (χ3v) is 4.22. The highest BCUT2D eigenvalue weighted by molar-refractivity contribution is 5.77. The molecule has 0 bridgehead atoms. The zero-order valence-electron chi connectivity index (χ0n) is 14.9. The van der Waals surface area contributed by atoms with E-state index in [2.05, 4.69) is 18.1 Å². The number of aryl methyl sites for hydroxylation is 1. The average molecular weight is 350 g/mol. The van der Waals surface area contributed by atoms with Gasteiger partial charge in [-0.05, 0) is 6.42 Å². The molecule has 6 nitrogen and oxygen atoms in total. The molecular weight excluding hydrogens is 328 g/mol. The molecule has 26 heavy (non-hydrogen) atoms. The van der Waals surface area contributed by atoms with Gasteiger partial charge in [0.2, 0.25) is 0 Å². The van der Waals surface area contributed by atoms with Crippen molar-refractivity contribution in [3.63, 3.8) is 0 Å². The van der Waals surface area contributed by atoms with Crippen LogP contribution in [0.3, 0.4) is 0 Å². The second-order valence-corrected chi connectivity index (χ2v) is 6.01. The normalized spacial score (nSPS) is 11.0. The van der Waals surface area contributed by atoms with Gasteiger partial charge >= 0.3 is 5.69 Å². The Morgan fingerprint density at radius 1 is 1.00 bits per heavy atom. The standard InChI is InChI=1S/C20H22N4O2/c1-4-12-22-16-18(21-17(22)15-10-8-7-9-11-15)23(13-5-2)20(26)24(14-6-3)19(16)25/h4,6-11H,1,3,5,12-14H2,2H3. The minimum Gasteiger partial charge on any atom is -0.314 e. The molecule has 3 aromatic rings. The van der Waals surface area contributed by atoms with Crippen molar-refractivity contribution < 1.29 is 0 Å². The summed E-state index contributed by atoms with van der Waals surface area (Å²) in [4.78, 5) is 30.5. The first-order chi connectivity index (χ1) is 12.6. The first kappa shape index (κ1) is 17.7. The summed E-state index contributed by atoms with van der Waals surface area (Å²) in [5, 5.41) is 0. The number of hydrogen-bond donors (Lipinski definition) is 0. The number of hydrogen-bond acceptors (Lipinski definition) is 3. The number of benzene rings is 1. The van der Waals surface area contributed by atoms with Gasteiger partial charge in [-0.3, -0.25) is 13.9 Å². The molecule has 0 saturated heterocycles. The quantitative estimate of drug-likeness (QED) is 0.616. The highest BCUT2D eigenvalue weighted by Crippen LogP contribution is 2.22. The van der Waals surface area contributed by atoms with Crippen LogP contribution in [0.5, 0.6) is 0 Å². The minimum atomic E-state index is -0.355. The van der Waals surface area contributed by atoms with Gasteiger partial charge in [0.15, 0.2) is 11.2 Å². The van der Waals surface area contributed by atoms with Gasteiger partial charge in [-0.25, -0.2) is 9.78 Å². The molecule has 0 unspecified atom stereocenters. The third kappa shape index (κ3) is 2.83. The van der Waals surface area contributed by atoms with E-state index in [1.165, 1.54) is 4.57 Å². The van der Waals surface area contributed by atoms with Gasteiger partial charge in [-0.1, -0.05) is 49.4 Å². The summed E-state index contributed by atoms with van der Waals surface area (Å²) in [6.45, 7) is 10.5. The van der Waals surface area contributed by atoms with E-state index in [9.17, 15) is 9.59 Å². The van der Waals surface area contributed by atoms with Crippen LogP contribution in [-0.4, -0.2) is 18.7 Å². The van der Waals surface area contributed by atoms with Crippen LogP contribution in [0.2, 0.25) is 0 Å². The van der Waals surface area contributed by atoms with E-state index in [0.717, 1.165) is 12.0 Å². The topological polar surface area (TPSA) is 61.8 Å². The summed E-state index contributed by atoms with van der Waals surface area (Å²) in [5.74, 6) is 0.651. The first-order valence-corrected chi connectivity index (χ1v) is 8.65. The Morgan fingerprint density at radius 2 is 1.65 bits per heavy atom. The van der Waals surface area contributed by atoms with Crippen molar-refractivity contribution in [1.82, 2.24) is 18.7 Å². The Hall–Kier alpha value is -3.15. The Bertz CT molecular complexity index is 1070. The molecule has 0 aliphatic carbocycles. The molecule has 2 aromatic heterocycles. The maximum atomic E-state index is 13.0. The van der Waals surface area contributed by atoms with Crippen LogP contribution >= 0.6 is 0 Å². The summed E-state index contributed by atoms with van der Waals surface area (Å²) >= 11 is 0. The third-order valence-electron chi connectivity index (χ3n) is 4.22. The molecule has 2 heterocycles. The molecule has 0 aliphatic heterocycles. The van der Waals surface area contributed by atoms with Crippen molar-refractivity contribution in [3.8, 4) is 11.4 Å². The highest BCUT2D eigenvalue weighted by atomic mass is 16.2. The smallest absolute Gasteiger partial charge is 0.314 e. The lowest BCUT2D eigenvalue weighted by Crippen LogP contribution is -2.40. The lowest BCUT2D eigenvalue weighted by molar-refractivity contribution is 0.593. The average Bonchev–Trinajstić information content (AvgIpc) is 3.03. The molecule has 1 aromatic carbocycles. The summed E-state index contributed by atoms with van der Waals surface area (Å²) in [6, 6.07) is 9.63. The molecule has 0 amide bonds. The van der Waals surface area contributed by atoms with Crippen LogP contribution in [0.4, 0.5) is 0 Å². The minimum absolute atomic E-state index is 0.164. The lowest BCUT2D eigenvalue weighted by Gasteiger charge is -2.10. The second-order valence-electron chi connectivity index (χ2n) is 6.01. The zero-order valence-corrected chi connectivity index (χ0v) is 14.9. The predicted octanol–water partition coefficient (Wildman–Crippen LogP) is 2.81. The molecule has 0 fully saturated rings. The Balaban J connectivity index is 2.48. The van der Waals surface area contributed by atoms with E-state index >= 15 is 0 Å². The number of rotatable bonds is 7. The lowest BCUT2D eigenvalue weighted by atomic mass is 10.2. The first-order valence-electron chi connectivity index (χ1n) is 8.65. The van der Waals surface area contributed by atoms with Crippen LogP contribution in [0.1, 0.15) is 13.3 Å². The van der Waals surface area contributed by atoms with Gasteiger partial charge in [0, 0.05) is 25.2 Å². The number of allylic oxidation sites excluding steroid dienone is 2. The van der Waals surface area contributed by atoms with Crippen LogP contribution in [-0.2, 0) is 19.6 Å². The molecular formula is C20H22N4O2. The fourth-order valence-electron chi connectivity index (χ4n) is 3.12. The summed E-state index contributed by atoms with van der Waals surface area (Å²) in [7, 11) is 0. The van der Waals surface area contributed by atoms with Crippen molar-refractivity contribution in [2.24, 2.45) is 0 Å². The fourth-order valence-corrected chi connectivity index (χ4v) is 3.12. The predicted molar refractivity (Wildman–Crippen MR) is 104 cm³/mol. The monoisotopic (exact) mass is 350 g/mol. The van der Waals surface area contributed by atoms with Gasteiger partial charge in [0.05, 0.1) is 0 Å². The maximum Gasteiger partial charge on any atom is 0.333 e. The molecule has 0 aliphatic rings. The van der Waals surface area contributed by atoms with Gasteiger partial charge in [0.25, 0.3) is 5.56 Å². The van der Waals surface area contributed by atoms with E-state index in [4.69, 9.17) is 0 Å². The molecule has 0 radical (unpaired) electrons. The SMILES string of the molecule is C=CCn1c(=O)c2c(nc(-c3ccccc3)n2CC=C)n(CCC)c1=O. The van der Waals surface area contributed by atoms with Crippen molar-refractivity contribution in [1.29, 1.82) is 0 Å². The highest BCUT2D eigenvalue weighted by Gasteiger charge is 2.21. The Labute approximate surface area is 151 Å². The molecule has 6 heteroatoms. The summed E-state index contributed by atoms with van der Waals surface area (Å²) in [5.41, 5.74) is 1.01. The second kappa shape index (κ2) is 7.39. The number of fused-ring (bicyclic) bond motifs is 1. The van der Waals surface area contributed by atoms with E-state index in [1.807, 2.05) is 41.8 Å². The Kier molecular flexibility index (Phi) is 5.02. The van der Waals surface area contributed by atoms with Crippen LogP contribution in [0.15, 0.2) is 65.2 Å². The van der Waals surface area contributed by atoms with E-state index < -0.39 is 0 Å². The van der Waals surface area contributed by atoms with Crippen molar-refractivity contribution >= 4 is 11.2 Å². The van der Waals surface area contributed by atoms with Crippen molar-refractivity contribution in [2.45, 2.75) is 33.0 Å². The van der Waals surface area contributed by atoms with E-state index in [1.54, 1.807) is 16.7 Å². The molecule has 134 valence electrons. The van der Waals surface area contributed by atoms with E-state index in [0.29, 0.717) is 30.1 Å². The zero-order chi connectivity index (χ0) is 18.7. The molecule has 0 saturated carbocycles. The Morgan fingerprint density at radius 3 is 2.27 bits per heavy atom. The van der Waals surface area contributed by atoms with Crippen molar-refractivity contribution in [3.05, 3.63) is 76.5 Å². The van der Waals surface area contributed by atoms with Gasteiger partial charge in [0.1, 0.15) is 5.82 Å². The number of imidazole rings is 1. The number of aromatic nitrogens is 4. The largest absolute Gasteiger partial charge is 0.333 e. The molecule has 0 spiro atoms. The maximum absolute atomic E-state index is 13.0. The van der Waals surface area contributed by atoms with Gasteiger partial charge < -0.3 is 4.57 Å². The van der Waals surface area contributed by atoms with Crippen molar-refractivity contribution in [2.75, 3.05) is 0 Å². The van der Waals surface area contributed by atoms with E-state index in [-0.39, 0.29) is 17.8 Å². The number of nitrogens with zero attached hydrogens (tertiary/aromatic N) is 4. The van der Waals surface area contributed by atoms with Crippen LogP contribution in [0, 0.1) is 0 Å². The summed E-state index contributed by atoms with van der Waals surface area (Å²) in [6.07, 6.45) is 4.04.